The Morgan fingerprint density at radius 2 is 1.62 bits per heavy atom. The van der Waals surface area contributed by atoms with Crippen LogP contribution in [0.1, 0.15) is 24.1 Å². The fourth-order valence-corrected chi connectivity index (χ4v) is 4.42. The Balaban J connectivity index is 1.52. The standard InChI is InChI=1S/C26H25N3O2S/c1-19(21-12-6-3-7-13-21)27-24(30)18-32-26-28-23-15-9-8-14-22(23)25(31)29(26)17-16-20-10-4-2-5-11-20/h2-15,19H,16-18H2,1H3,(H,27,30)/t19-/m1/s1. The van der Waals surface area contributed by atoms with Crippen LogP contribution in [0, 0.1) is 0 Å². The molecule has 1 amide bonds. The summed E-state index contributed by atoms with van der Waals surface area (Å²) >= 11 is 1.30. The van der Waals surface area contributed by atoms with E-state index >= 15 is 0 Å². The maximum Gasteiger partial charge on any atom is 0.262 e. The molecule has 0 aliphatic heterocycles. The largest absolute Gasteiger partial charge is 0.349 e. The predicted molar refractivity (Wildman–Crippen MR) is 130 cm³/mol. The number of hydrogen-bond acceptors (Lipinski definition) is 4. The van der Waals surface area contributed by atoms with Crippen LogP contribution in [0.15, 0.2) is 94.9 Å². The number of fused-ring (bicyclic) bond motifs is 1. The summed E-state index contributed by atoms with van der Waals surface area (Å²) in [6.45, 7) is 2.47. The summed E-state index contributed by atoms with van der Waals surface area (Å²) in [6.07, 6.45) is 0.714. The normalized spacial score (nSPS) is 11.9. The average Bonchev–Trinajstić information content (AvgIpc) is 2.83. The van der Waals surface area contributed by atoms with Crippen molar-refractivity contribution in [3.8, 4) is 0 Å². The van der Waals surface area contributed by atoms with E-state index in [9.17, 15) is 9.59 Å². The molecule has 1 aromatic heterocycles. The minimum absolute atomic E-state index is 0.0768. The first kappa shape index (κ1) is 21.8. The summed E-state index contributed by atoms with van der Waals surface area (Å²) in [4.78, 5) is 30.5. The van der Waals surface area contributed by atoms with Crippen LogP contribution in [0.4, 0.5) is 0 Å². The molecule has 0 radical (unpaired) electrons. The minimum atomic E-state index is -0.0941. The predicted octanol–water partition coefficient (Wildman–Crippen LogP) is 4.61. The van der Waals surface area contributed by atoms with Gasteiger partial charge in [0, 0.05) is 6.54 Å². The number of rotatable bonds is 8. The van der Waals surface area contributed by atoms with Gasteiger partial charge in [0.25, 0.3) is 5.56 Å². The highest BCUT2D eigenvalue weighted by atomic mass is 32.2. The van der Waals surface area contributed by atoms with Gasteiger partial charge in [-0.2, -0.15) is 0 Å². The number of nitrogens with one attached hydrogen (secondary N) is 1. The zero-order valence-corrected chi connectivity index (χ0v) is 18.7. The molecule has 5 nitrogen and oxygen atoms in total. The number of aryl methyl sites for hydroxylation is 1. The Bertz CT molecular complexity index is 1260. The van der Waals surface area contributed by atoms with Crippen LogP contribution >= 0.6 is 11.8 Å². The van der Waals surface area contributed by atoms with Crippen LogP contribution in [0.25, 0.3) is 10.9 Å². The number of thioether (sulfide) groups is 1. The van der Waals surface area contributed by atoms with Crippen LogP contribution in [0.5, 0.6) is 0 Å². The van der Waals surface area contributed by atoms with Gasteiger partial charge in [0.2, 0.25) is 5.91 Å². The lowest BCUT2D eigenvalue weighted by molar-refractivity contribution is -0.119. The highest BCUT2D eigenvalue weighted by Crippen LogP contribution is 2.19. The second-order valence-corrected chi connectivity index (χ2v) is 8.53. The summed E-state index contributed by atoms with van der Waals surface area (Å²) in [5.74, 6) is 0.0937. The van der Waals surface area contributed by atoms with E-state index in [2.05, 4.69) is 5.32 Å². The van der Waals surface area contributed by atoms with Crippen molar-refractivity contribution in [2.45, 2.75) is 31.1 Å². The highest BCUT2D eigenvalue weighted by molar-refractivity contribution is 7.99. The Hall–Kier alpha value is -3.38. The molecule has 3 aromatic carbocycles. The molecule has 0 spiro atoms. The first-order chi connectivity index (χ1) is 15.6. The smallest absolute Gasteiger partial charge is 0.262 e. The lowest BCUT2D eigenvalue weighted by Crippen LogP contribution is -2.29. The van der Waals surface area contributed by atoms with Crippen molar-refractivity contribution in [1.82, 2.24) is 14.9 Å². The van der Waals surface area contributed by atoms with Gasteiger partial charge >= 0.3 is 0 Å². The molecule has 1 heterocycles. The van der Waals surface area contributed by atoms with Crippen LogP contribution in [-0.4, -0.2) is 21.2 Å². The number of para-hydroxylation sites is 1. The maximum atomic E-state index is 13.2. The molecular weight excluding hydrogens is 418 g/mol. The first-order valence-electron chi connectivity index (χ1n) is 10.6. The van der Waals surface area contributed by atoms with Crippen LogP contribution in [0.3, 0.4) is 0 Å². The van der Waals surface area contributed by atoms with Crippen molar-refractivity contribution in [3.05, 3.63) is 106 Å². The van der Waals surface area contributed by atoms with Gasteiger partial charge < -0.3 is 5.32 Å². The Morgan fingerprint density at radius 1 is 0.969 bits per heavy atom. The van der Waals surface area contributed by atoms with E-state index in [-0.39, 0.29) is 23.3 Å². The van der Waals surface area contributed by atoms with Crippen molar-refractivity contribution >= 4 is 28.6 Å². The van der Waals surface area contributed by atoms with Crippen molar-refractivity contribution < 1.29 is 4.79 Å². The molecule has 0 saturated carbocycles. The molecule has 0 fully saturated rings. The zero-order chi connectivity index (χ0) is 22.3. The molecule has 0 saturated heterocycles. The van der Waals surface area contributed by atoms with Gasteiger partial charge in [-0.3, -0.25) is 14.2 Å². The van der Waals surface area contributed by atoms with E-state index in [1.807, 2.05) is 85.8 Å². The van der Waals surface area contributed by atoms with Gasteiger partial charge in [-0.05, 0) is 36.6 Å². The van der Waals surface area contributed by atoms with E-state index in [0.717, 1.165) is 11.1 Å². The number of nitrogens with zero attached hydrogens (tertiary/aromatic N) is 2. The summed E-state index contributed by atoms with van der Waals surface area (Å²) < 4.78 is 1.69. The van der Waals surface area contributed by atoms with Crippen molar-refractivity contribution in [2.75, 3.05) is 5.75 Å². The molecule has 162 valence electrons. The number of benzene rings is 3. The van der Waals surface area contributed by atoms with E-state index < -0.39 is 0 Å². The van der Waals surface area contributed by atoms with Gasteiger partial charge in [0.1, 0.15) is 0 Å². The van der Waals surface area contributed by atoms with Gasteiger partial charge in [-0.15, -0.1) is 0 Å². The molecule has 6 heteroatoms. The molecular formula is C26H25N3O2S. The second kappa shape index (κ2) is 10.3. The number of carbonyl (C=O) groups excluding carboxylic acids is 1. The summed E-state index contributed by atoms with van der Waals surface area (Å²) in [6, 6.07) is 27.1. The summed E-state index contributed by atoms with van der Waals surface area (Å²) in [7, 11) is 0. The summed E-state index contributed by atoms with van der Waals surface area (Å²) in [5.41, 5.74) is 2.77. The second-order valence-electron chi connectivity index (χ2n) is 7.59. The van der Waals surface area contributed by atoms with Crippen LogP contribution in [0.2, 0.25) is 0 Å². The van der Waals surface area contributed by atoms with Gasteiger partial charge in [0.15, 0.2) is 5.16 Å². The quantitative estimate of drug-likeness (QED) is 0.319. The maximum absolute atomic E-state index is 13.2. The minimum Gasteiger partial charge on any atom is -0.349 e. The molecule has 0 bridgehead atoms. The Kier molecular flexibility index (Phi) is 7.02. The Morgan fingerprint density at radius 3 is 2.38 bits per heavy atom. The first-order valence-corrected chi connectivity index (χ1v) is 11.6. The molecule has 1 N–H and O–H groups in total. The van der Waals surface area contributed by atoms with Gasteiger partial charge in [0.05, 0.1) is 22.7 Å². The molecule has 0 aliphatic carbocycles. The molecule has 4 rings (SSSR count). The van der Waals surface area contributed by atoms with Crippen LogP contribution in [-0.2, 0) is 17.8 Å². The Labute approximate surface area is 191 Å². The van der Waals surface area contributed by atoms with E-state index in [0.29, 0.717) is 29.0 Å². The highest BCUT2D eigenvalue weighted by Gasteiger charge is 2.15. The van der Waals surface area contributed by atoms with Crippen molar-refractivity contribution in [1.29, 1.82) is 0 Å². The molecule has 0 aliphatic rings. The number of carbonyl (C=O) groups is 1. The van der Waals surface area contributed by atoms with E-state index in [4.69, 9.17) is 4.98 Å². The van der Waals surface area contributed by atoms with Gasteiger partial charge in [-0.25, -0.2) is 4.98 Å². The molecule has 0 unspecified atom stereocenters. The third kappa shape index (κ3) is 5.26. The van der Waals surface area contributed by atoms with Crippen molar-refractivity contribution in [3.63, 3.8) is 0 Å². The molecule has 4 aromatic rings. The van der Waals surface area contributed by atoms with E-state index in [1.165, 1.54) is 11.8 Å². The lowest BCUT2D eigenvalue weighted by atomic mass is 10.1. The van der Waals surface area contributed by atoms with E-state index in [1.54, 1.807) is 10.6 Å². The molecule has 1 atom stereocenters. The molecule has 32 heavy (non-hydrogen) atoms. The third-order valence-electron chi connectivity index (χ3n) is 5.30. The topological polar surface area (TPSA) is 64.0 Å². The number of aromatic nitrogens is 2. The number of hydrogen-bond donors (Lipinski definition) is 1. The van der Waals surface area contributed by atoms with Gasteiger partial charge in [-0.1, -0.05) is 84.6 Å². The van der Waals surface area contributed by atoms with Crippen molar-refractivity contribution in [2.24, 2.45) is 0 Å². The fraction of sp³-hybridized carbons (Fsp3) is 0.192. The average molecular weight is 444 g/mol. The lowest BCUT2D eigenvalue weighted by Gasteiger charge is -2.15. The summed E-state index contributed by atoms with van der Waals surface area (Å²) in [5, 5.41) is 4.17. The monoisotopic (exact) mass is 443 g/mol. The third-order valence-corrected chi connectivity index (χ3v) is 6.28. The van der Waals surface area contributed by atoms with Crippen LogP contribution < -0.4 is 10.9 Å². The fourth-order valence-electron chi connectivity index (χ4n) is 3.58. The zero-order valence-electron chi connectivity index (χ0n) is 17.9. The SMILES string of the molecule is C[C@@H](NC(=O)CSc1nc2ccccc2c(=O)n1CCc1ccccc1)c1ccccc1. The number of amides is 1.